The van der Waals surface area contributed by atoms with E-state index in [9.17, 15) is 8.42 Å². The standard InChI is InChI=1S/C26H40N6O2S/c1-5-23-18-31(26-20(3)15-22(16-28-26)29-35(4,33)34)12-13-32(23)24-8-10-30(11-9-24)17-21-7-6-19(2)14-25(21)27/h6-7,14-16,23-24,29H,5,8-13,17-18,27H2,1-4H3. The second-order valence-electron chi connectivity index (χ2n) is 10.2. The van der Waals surface area contributed by atoms with Crippen molar-refractivity contribution in [2.75, 3.05) is 54.3 Å². The number of hydrogen-bond acceptors (Lipinski definition) is 7. The minimum absolute atomic E-state index is 0.489. The summed E-state index contributed by atoms with van der Waals surface area (Å²) in [7, 11) is -3.31. The Morgan fingerprint density at radius 2 is 1.86 bits per heavy atom. The molecule has 35 heavy (non-hydrogen) atoms. The van der Waals surface area contributed by atoms with E-state index < -0.39 is 10.0 Å². The fraction of sp³-hybridized carbons (Fsp3) is 0.577. The molecule has 8 nitrogen and oxygen atoms in total. The van der Waals surface area contributed by atoms with Crippen LogP contribution in [0, 0.1) is 13.8 Å². The van der Waals surface area contributed by atoms with Gasteiger partial charge in [-0.3, -0.25) is 14.5 Å². The molecule has 0 radical (unpaired) electrons. The van der Waals surface area contributed by atoms with Crippen LogP contribution in [-0.2, 0) is 16.6 Å². The summed E-state index contributed by atoms with van der Waals surface area (Å²) in [6.07, 6.45) is 6.25. The number of nitrogens with two attached hydrogens (primary N) is 1. The lowest BCUT2D eigenvalue weighted by Crippen LogP contribution is -2.58. The van der Waals surface area contributed by atoms with Crippen LogP contribution < -0.4 is 15.4 Å². The summed E-state index contributed by atoms with van der Waals surface area (Å²) in [6.45, 7) is 12.4. The van der Waals surface area contributed by atoms with Gasteiger partial charge < -0.3 is 10.6 Å². The van der Waals surface area contributed by atoms with E-state index in [4.69, 9.17) is 5.73 Å². The fourth-order valence-electron chi connectivity index (χ4n) is 5.58. The third-order valence-corrected chi connectivity index (χ3v) is 7.98. The molecule has 0 amide bonds. The van der Waals surface area contributed by atoms with Crippen molar-refractivity contribution in [3.63, 3.8) is 0 Å². The molecule has 1 atom stereocenters. The Kier molecular flexibility index (Phi) is 7.88. The molecule has 0 spiro atoms. The number of pyridine rings is 1. The van der Waals surface area contributed by atoms with Crippen LogP contribution in [0.15, 0.2) is 30.5 Å². The molecule has 192 valence electrons. The number of nitrogens with one attached hydrogen (secondary N) is 1. The number of anilines is 3. The van der Waals surface area contributed by atoms with Crippen LogP contribution in [0.1, 0.15) is 42.9 Å². The maximum Gasteiger partial charge on any atom is 0.229 e. The van der Waals surface area contributed by atoms with E-state index >= 15 is 0 Å². The summed E-state index contributed by atoms with van der Waals surface area (Å²) in [5.74, 6) is 0.952. The molecule has 1 unspecified atom stereocenters. The first kappa shape index (κ1) is 25.7. The van der Waals surface area contributed by atoms with Gasteiger partial charge in [-0.2, -0.15) is 0 Å². The topological polar surface area (TPSA) is 94.8 Å². The van der Waals surface area contributed by atoms with E-state index in [0.29, 0.717) is 17.8 Å². The highest BCUT2D eigenvalue weighted by Gasteiger charge is 2.33. The molecule has 1 aromatic heterocycles. The quantitative estimate of drug-likeness (QED) is 0.564. The van der Waals surface area contributed by atoms with Gasteiger partial charge in [0.2, 0.25) is 10.0 Å². The maximum absolute atomic E-state index is 11.5. The predicted octanol–water partition coefficient (Wildman–Crippen LogP) is 3.22. The smallest absolute Gasteiger partial charge is 0.229 e. The van der Waals surface area contributed by atoms with Gasteiger partial charge in [0.05, 0.1) is 18.1 Å². The average Bonchev–Trinajstić information content (AvgIpc) is 2.80. The number of benzene rings is 1. The third kappa shape index (κ3) is 6.45. The van der Waals surface area contributed by atoms with Crippen LogP contribution >= 0.6 is 0 Å². The maximum atomic E-state index is 11.5. The van der Waals surface area contributed by atoms with Gasteiger partial charge in [-0.05, 0) is 75.0 Å². The van der Waals surface area contributed by atoms with E-state index in [1.807, 2.05) is 13.0 Å². The molecule has 3 heterocycles. The summed E-state index contributed by atoms with van der Waals surface area (Å²) >= 11 is 0. The van der Waals surface area contributed by atoms with Crippen molar-refractivity contribution < 1.29 is 8.42 Å². The van der Waals surface area contributed by atoms with Crippen molar-refractivity contribution in [3.8, 4) is 0 Å². The number of aryl methyl sites for hydroxylation is 2. The molecule has 0 aliphatic carbocycles. The number of rotatable bonds is 7. The zero-order valence-electron chi connectivity index (χ0n) is 21.5. The molecule has 4 rings (SSSR count). The van der Waals surface area contributed by atoms with Crippen LogP contribution in [0.5, 0.6) is 0 Å². The third-order valence-electron chi connectivity index (χ3n) is 7.37. The Morgan fingerprint density at radius 1 is 1.11 bits per heavy atom. The Balaban J connectivity index is 1.34. The monoisotopic (exact) mass is 500 g/mol. The molecule has 2 fully saturated rings. The number of piperazine rings is 1. The summed E-state index contributed by atoms with van der Waals surface area (Å²) in [4.78, 5) is 12.2. The van der Waals surface area contributed by atoms with Crippen molar-refractivity contribution in [1.82, 2.24) is 14.8 Å². The zero-order valence-corrected chi connectivity index (χ0v) is 22.3. The van der Waals surface area contributed by atoms with Gasteiger partial charge in [-0.15, -0.1) is 0 Å². The zero-order chi connectivity index (χ0) is 25.2. The Labute approximate surface area is 210 Å². The lowest BCUT2D eigenvalue weighted by Gasteiger charge is -2.48. The van der Waals surface area contributed by atoms with Gasteiger partial charge in [-0.1, -0.05) is 19.1 Å². The highest BCUT2D eigenvalue weighted by Crippen LogP contribution is 2.28. The Hall–Kier alpha value is -2.36. The fourth-order valence-corrected chi connectivity index (χ4v) is 6.12. The molecule has 3 N–H and O–H groups in total. The van der Waals surface area contributed by atoms with Crippen LogP contribution in [0.4, 0.5) is 17.2 Å². The molecule has 2 aromatic rings. The predicted molar refractivity (Wildman–Crippen MR) is 144 cm³/mol. The highest BCUT2D eigenvalue weighted by molar-refractivity contribution is 7.92. The van der Waals surface area contributed by atoms with Crippen LogP contribution in [0.25, 0.3) is 0 Å². The first-order chi connectivity index (χ1) is 16.6. The minimum Gasteiger partial charge on any atom is -0.398 e. The molecule has 0 saturated carbocycles. The average molecular weight is 501 g/mol. The molecular formula is C26H40N6O2S. The summed E-state index contributed by atoms with van der Waals surface area (Å²) in [5, 5.41) is 0. The SMILES string of the molecule is CCC1CN(c2ncc(NS(C)(=O)=O)cc2C)CCN1C1CCN(Cc2ccc(C)cc2N)CC1. The Bertz CT molecular complexity index is 1130. The molecule has 0 bridgehead atoms. The largest absolute Gasteiger partial charge is 0.398 e. The number of nitrogens with zero attached hydrogens (tertiary/aromatic N) is 4. The van der Waals surface area contributed by atoms with E-state index in [2.05, 4.69) is 56.5 Å². The minimum atomic E-state index is -3.31. The lowest BCUT2D eigenvalue weighted by molar-refractivity contribution is 0.0611. The molecule has 2 aliphatic heterocycles. The van der Waals surface area contributed by atoms with E-state index in [0.717, 1.165) is 69.0 Å². The van der Waals surface area contributed by atoms with Gasteiger partial charge in [0.1, 0.15) is 5.82 Å². The van der Waals surface area contributed by atoms with E-state index in [1.54, 1.807) is 6.20 Å². The number of aromatic nitrogens is 1. The van der Waals surface area contributed by atoms with Crippen LogP contribution in [-0.4, -0.2) is 74.3 Å². The van der Waals surface area contributed by atoms with E-state index in [1.165, 1.54) is 24.0 Å². The molecule has 9 heteroatoms. The van der Waals surface area contributed by atoms with Gasteiger partial charge in [-0.25, -0.2) is 13.4 Å². The van der Waals surface area contributed by atoms with Gasteiger partial charge in [0, 0.05) is 44.0 Å². The Morgan fingerprint density at radius 3 is 2.49 bits per heavy atom. The van der Waals surface area contributed by atoms with Crippen LogP contribution in [0.2, 0.25) is 0 Å². The second kappa shape index (κ2) is 10.7. The number of sulfonamides is 1. The number of hydrogen-bond donors (Lipinski definition) is 2. The number of likely N-dealkylation sites (tertiary alicyclic amines) is 1. The summed E-state index contributed by atoms with van der Waals surface area (Å²) in [6, 6.07) is 9.36. The number of nitrogen functional groups attached to an aromatic ring is 1. The summed E-state index contributed by atoms with van der Waals surface area (Å²) < 4.78 is 25.6. The van der Waals surface area contributed by atoms with Crippen molar-refractivity contribution >= 4 is 27.2 Å². The van der Waals surface area contributed by atoms with Gasteiger partial charge >= 0.3 is 0 Å². The van der Waals surface area contributed by atoms with Gasteiger partial charge in [0.15, 0.2) is 0 Å². The lowest BCUT2D eigenvalue weighted by atomic mass is 9.97. The molecule has 1 aromatic carbocycles. The second-order valence-corrected chi connectivity index (χ2v) is 11.9. The molecule has 2 aliphatic rings. The van der Waals surface area contributed by atoms with Crippen molar-refractivity contribution in [2.24, 2.45) is 0 Å². The van der Waals surface area contributed by atoms with Crippen molar-refractivity contribution in [2.45, 2.75) is 58.7 Å². The first-order valence-electron chi connectivity index (χ1n) is 12.7. The molecule has 2 saturated heterocycles. The van der Waals surface area contributed by atoms with Crippen LogP contribution in [0.3, 0.4) is 0 Å². The molecular weight excluding hydrogens is 460 g/mol. The highest BCUT2D eigenvalue weighted by atomic mass is 32.2. The number of piperidine rings is 1. The normalized spacial score (nSPS) is 20.8. The van der Waals surface area contributed by atoms with Gasteiger partial charge in [0.25, 0.3) is 0 Å². The van der Waals surface area contributed by atoms with E-state index in [-0.39, 0.29) is 0 Å². The van der Waals surface area contributed by atoms with Crippen molar-refractivity contribution in [3.05, 3.63) is 47.2 Å². The van der Waals surface area contributed by atoms with Crippen molar-refractivity contribution in [1.29, 1.82) is 0 Å². The summed E-state index contributed by atoms with van der Waals surface area (Å²) in [5.41, 5.74) is 11.1. The first-order valence-corrected chi connectivity index (χ1v) is 14.5.